The van der Waals surface area contributed by atoms with Crippen LogP contribution in [0.3, 0.4) is 0 Å². The van der Waals surface area contributed by atoms with E-state index in [1.807, 2.05) is 6.07 Å². The molecule has 2 rings (SSSR count). The van der Waals surface area contributed by atoms with Crippen molar-refractivity contribution in [2.24, 2.45) is 0 Å². The molecule has 0 unspecified atom stereocenters. The predicted octanol–water partition coefficient (Wildman–Crippen LogP) is 1.91. The van der Waals surface area contributed by atoms with E-state index in [0.29, 0.717) is 4.90 Å². The standard InChI is InChI=1S/C12H15N3O2S/c1-3-18(16,17)10-6-4-9(5-7-10)11-8-12(13-2)15-14-11/h4-8H,3H2,1-2H3,(H2,13,14,15). The summed E-state index contributed by atoms with van der Waals surface area (Å²) in [4.78, 5) is 0.349. The molecular weight excluding hydrogens is 250 g/mol. The Morgan fingerprint density at radius 2 is 1.94 bits per heavy atom. The Morgan fingerprint density at radius 1 is 1.28 bits per heavy atom. The average Bonchev–Trinajstić information content (AvgIpc) is 2.87. The molecule has 0 atom stereocenters. The molecule has 0 aliphatic rings. The lowest BCUT2D eigenvalue weighted by Crippen LogP contribution is -2.03. The Labute approximate surface area is 106 Å². The maximum atomic E-state index is 11.7. The van der Waals surface area contributed by atoms with Gasteiger partial charge >= 0.3 is 0 Å². The van der Waals surface area contributed by atoms with E-state index in [2.05, 4.69) is 15.5 Å². The van der Waals surface area contributed by atoms with Crippen LogP contribution in [0.5, 0.6) is 0 Å². The quantitative estimate of drug-likeness (QED) is 0.885. The molecular formula is C12H15N3O2S. The van der Waals surface area contributed by atoms with Crippen LogP contribution in [0.15, 0.2) is 35.2 Å². The first kappa shape index (κ1) is 12.6. The average molecular weight is 265 g/mol. The van der Waals surface area contributed by atoms with Gasteiger partial charge in [-0.25, -0.2) is 8.42 Å². The highest BCUT2D eigenvalue weighted by atomic mass is 32.2. The van der Waals surface area contributed by atoms with Gasteiger partial charge < -0.3 is 5.32 Å². The minimum absolute atomic E-state index is 0.111. The van der Waals surface area contributed by atoms with E-state index in [9.17, 15) is 8.42 Å². The second kappa shape index (κ2) is 4.81. The predicted molar refractivity (Wildman–Crippen MR) is 71.3 cm³/mol. The van der Waals surface area contributed by atoms with Crippen LogP contribution < -0.4 is 5.32 Å². The van der Waals surface area contributed by atoms with Crippen molar-refractivity contribution in [3.05, 3.63) is 30.3 Å². The molecule has 1 heterocycles. The van der Waals surface area contributed by atoms with E-state index >= 15 is 0 Å². The molecule has 0 saturated heterocycles. The van der Waals surface area contributed by atoms with Crippen molar-refractivity contribution >= 4 is 15.7 Å². The van der Waals surface area contributed by atoms with Gasteiger partial charge in [-0.3, -0.25) is 5.10 Å². The van der Waals surface area contributed by atoms with Gasteiger partial charge in [0.1, 0.15) is 5.82 Å². The molecule has 2 N–H and O–H groups in total. The third-order valence-corrected chi connectivity index (χ3v) is 4.49. The van der Waals surface area contributed by atoms with E-state index in [4.69, 9.17) is 0 Å². The van der Waals surface area contributed by atoms with Gasteiger partial charge in [-0.2, -0.15) is 5.10 Å². The summed E-state index contributed by atoms with van der Waals surface area (Å²) in [6, 6.07) is 8.65. The Bertz CT molecular complexity index is 630. The second-order valence-corrected chi connectivity index (χ2v) is 6.12. The molecule has 18 heavy (non-hydrogen) atoms. The summed E-state index contributed by atoms with van der Waals surface area (Å²) in [6.07, 6.45) is 0. The van der Waals surface area contributed by atoms with Crippen LogP contribution in [0.2, 0.25) is 0 Å². The van der Waals surface area contributed by atoms with Crippen molar-refractivity contribution in [3.63, 3.8) is 0 Å². The van der Waals surface area contributed by atoms with Crippen LogP contribution in [-0.4, -0.2) is 31.4 Å². The molecule has 5 nitrogen and oxygen atoms in total. The number of aromatic amines is 1. The Morgan fingerprint density at radius 3 is 2.44 bits per heavy atom. The number of hydrogen-bond donors (Lipinski definition) is 2. The molecule has 0 saturated carbocycles. The number of anilines is 1. The maximum Gasteiger partial charge on any atom is 0.178 e. The molecule has 0 aliphatic carbocycles. The molecule has 96 valence electrons. The number of rotatable bonds is 4. The molecule has 1 aromatic carbocycles. The Hall–Kier alpha value is -1.82. The monoisotopic (exact) mass is 265 g/mol. The van der Waals surface area contributed by atoms with Gasteiger partial charge in [0, 0.05) is 13.1 Å². The van der Waals surface area contributed by atoms with Gasteiger partial charge in [0.2, 0.25) is 0 Å². The molecule has 1 aromatic heterocycles. The minimum Gasteiger partial charge on any atom is -0.372 e. The summed E-state index contributed by atoms with van der Waals surface area (Å²) in [5.41, 5.74) is 1.75. The fraction of sp³-hybridized carbons (Fsp3) is 0.250. The molecule has 0 radical (unpaired) electrons. The number of hydrogen-bond acceptors (Lipinski definition) is 4. The van der Waals surface area contributed by atoms with Gasteiger partial charge in [-0.05, 0) is 17.7 Å². The number of nitrogens with one attached hydrogen (secondary N) is 2. The summed E-state index contributed by atoms with van der Waals surface area (Å²) < 4.78 is 23.3. The van der Waals surface area contributed by atoms with Crippen molar-refractivity contribution in [3.8, 4) is 11.3 Å². The summed E-state index contributed by atoms with van der Waals surface area (Å²) in [7, 11) is -1.35. The smallest absolute Gasteiger partial charge is 0.178 e. The van der Waals surface area contributed by atoms with E-state index < -0.39 is 9.84 Å². The van der Waals surface area contributed by atoms with Crippen LogP contribution >= 0.6 is 0 Å². The van der Waals surface area contributed by atoms with E-state index in [1.54, 1.807) is 38.2 Å². The largest absolute Gasteiger partial charge is 0.372 e. The van der Waals surface area contributed by atoms with Crippen molar-refractivity contribution in [2.45, 2.75) is 11.8 Å². The highest BCUT2D eigenvalue weighted by molar-refractivity contribution is 7.91. The molecule has 6 heteroatoms. The number of benzene rings is 1. The molecule has 0 aliphatic heterocycles. The van der Waals surface area contributed by atoms with Crippen LogP contribution in [0, 0.1) is 0 Å². The third kappa shape index (κ3) is 2.38. The SMILES string of the molecule is CCS(=O)(=O)c1ccc(-c2cc(NC)n[nH]2)cc1. The molecule has 0 fully saturated rings. The zero-order valence-corrected chi connectivity index (χ0v) is 11.1. The van der Waals surface area contributed by atoms with Crippen LogP contribution in [-0.2, 0) is 9.84 Å². The van der Waals surface area contributed by atoms with Crippen molar-refractivity contribution < 1.29 is 8.42 Å². The normalized spacial score (nSPS) is 11.4. The summed E-state index contributed by atoms with van der Waals surface area (Å²) in [5, 5.41) is 9.85. The van der Waals surface area contributed by atoms with E-state index in [1.165, 1.54) is 0 Å². The fourth-order valence-electron chi connectivity index (χ4n) is 1.61. The van der Waals surface area contributed by atoms with Gasteiger partial charge in [0.25, 0.3) is 0 Å². The Kier molecular flexibility index (Phi) is 3.38. The van der Waals surface area contributed by atoms with Crippen molar-refractivity contribution in [1.82, 2.24) is 10.2 Å². The first-order chi connectivity index (χ1) is 8.56. The summed E-state index contributed by atoms with van der Waals surface area (Å²) in [6.45, 7) is 1.64. The van der Waals surface area contributed by atoms with Gasteiger partial charge in [-0.1, -0.05) is 19.1 Å². The van der Waals surface area contributed by atoms with Crippen molar-refractivity contribution in [2.75, 3.05) is 18.1 Å². The lowest BCUT2D eigenvalue weighted by atomic mass is 10.1. The molecule has 0 spiro atoms. The summed E-state index contributed by atoms with van der Waals surface area (Å²) in [5.74, 6) is 0.857. The maximum absolute atomic E-state index is 11.7. The number of H-pyrrole nitrogens is 1. The number of sulfone groups is 1. The zero-order valence-electron chi connectivity index (χ0n) is 10.3. The van der Waals surface area contributed by atoms with Crippen LogP contribution in [0.4, 0.5) is 5.82 Å². The molecule has 0 amide bonds. The van der Waals surface area contributed by atoms with Crippen molar-refractivity contribution in [1.29, 1.82) is 0 Å². The van der Waals surface area contributed by atoms with E-state index in [0.717, 1.165) is 17.1 Å². The second-order valence-electron chi connectivity index (χ2n) is 3.84. The Balaban J connectivity index is 2.33. The molecule has 0 bridgehead atoms. The van der Waals surface area contributed by atoms with Crippen LogP contribution in [0.25, 0.3) is 11.3 Å². The third-order valence-electron chi connectivity index (χ3n) is 2.74. The lowest BCUT2D eigenvalue weighted by molar-refractivity contribution is 0.597. The topological polar surface area (TPSA) is 74.8 Å². The highest BCUT2D eigenvalue weighted by Crippen LogP contribution is 2.21. The lowest BCUT2D eigenvalue weighted by Gasteiger charge is -2.02. The minimum atomic E-state index is -3.13. The van der Waals surface area contributed by atoms with Gasteiger partial charge in [0.15, 0.2) is 9.84 Å². The van der Waals surface area contributed by atoms with Gasteiger partial charge in [-0.15, -0.1) is 0 Å². The number of nitrogens with zero attached hydrogens (tertiary/aromatic N) is 1. The first-order valence-electron chi connectivity index (χ1n) is 5.63. The van der Waals surface area contributed by atoms with Gasteiger partial charge in [0.05, 0.1) is 16.3 Å². The van der Waals surface area contributed by atoms with Crippen LogP contribution in [0.1, 0.15) is 6.92 Å². The fourth-order valence-corrected chi connectivity index (χ4v) is 2.49. The van der Waals surface area contributed by atoms with E-state index in [-0.39, 0.29) is 5.75 Å². The summed E-state index contributed by atoms with van der Waals surface area (Å²) >= 11 is 0. The number of aromatic nitrogens is 2. The molecule has 2 aromatic rings. The highest BCUT2D eigenvalue weighted by Gasteiger charge is 2.11. The zero-order chi connectivity index (χ0) is 13.2. The first-order valence-corrected chi connectivity index (χ1v) is 7.28.